The van der Waals surface area contributed by atoms with Crippen LogP contribution in [0.2, 0.25) is 0 Å². The average molecular weight is 330 g/mol. The number of imide groups is 1. The van der Waals surface area contributed by atoms with Crippen molar-refractivity contribution in [3.05, 3.63) is 59.2 Å². The van der Waals surface area contributed by atoms with Crippen LogP contribution in [-0.4, -0.2) is 26.5 Å². The van der Waals surface area contributed by atoms with Crippen LogP contribution in [0.3, 0.4) is 0 Å². The molecule has 0 unspecified atom stereocenters. The number of nitrogens with zero attached hydrogens (tertiary/aromatic N) is 1. The molecule has 3 rings (SSSR count). The van der Waals surface area contributed by atoms with E-state index in [1.54, 1.807) is 43.3 Å². The Morgan fingerprint density at radius 2 is 1.52 bits per heavy atom. The highest BCUT2D eigenvalue weighted by molar-refractivity contribution is 7.92. The third-order valence-corrected chi connectivity index (χ3v) is 4.15. The third-order valence-electron chi connectivity index (χ3n) is 3.55. The van der Waals surface area contributed by atoms with Crippen LogP contribution >= 0.6 is 0 Å². The third kappa shape index (κ3) is 2.70. The second kappa shape index (κ2) is 5.20. The van der Waals surface area contributed by atoms with Gasteiger partial charge in [-0.1, -0.05) is 18.2 Å². The van der Waals surface area contributed by atoms with Crippen molar-refractivity contribution in [3.63, 3.8) is 0 Å². The molecule has 2 aromatic carbocycles. The van der Waals surface area contributed by atoms with Crippen LogP contribution in [0, 0.1) is 6.92 Å². The van der Waals surface area contributed by atoms with E-state index < -0.39 is 21.8 Å². The number of benzene rings is 2. The topological polar surface area (TPSA) is 83.6 Å². The fraction of sp³-hybridized carbons (Fsp3) is 0.125. The van der Waals surface area contributed by atoms with Gasteiger partial charge in [-0.05, 0) is 36.8 Å². The molecule has 1 aliphatic rings. The van der Waals surface area contributed by atoms with Crippen LogP contribution in [0.25, 0.3) is 0 Å². The Labute approximate surface area is 133 Å². The molecule has 6 nitrogen and oxygen atoms in total. The molecular formula is C16H14N2O4S. The van der Waals surface area contributed by atoms with Gasteiger partial charge in [0.15, 0.2) is 0 Å². The van der Waals surface area contributed by atoms with Crippen LogP contribution in [0.1, 0.15) is 26.3 Å². The Balaban J connectivity index is 2.08. The van der Waals surface area contributed by atoms with Crippen molar-refractivity contribution in [2.75, 3.05) is 15.9 Å². The maximum absolute atomic E-state index is 12.5. The van der Waals surface area contributed by atoms with Crippen molar-refractivity contribution in [2.24, 2.45) is 0 Å². The van der Waals surface area contributed by atoms with Crippen molar-refractivity contribution in [1.29, 1.82) is 0 Å². The molecule has 0 saturated heterocycles. The van der Waals surface area contributed by atoms with Crippen LogP contribution < -0.4 is 9.62 Å². The number of hydrogen-bond donors (Lipinski definition) is 1. The lowest BCUT2D eigenvalue weighted by Crippen LogP contribution is -2.30. The Bertz CT molecular complexity index is 900. The zero-order valence-corrected chi connectivity index (χ0v) is 13.3. The van der Waals surface area contributed by atoms with Crippen LogP contribution in [0.4, 0.5) is 11.4 Å². The van der Waals surface area contributed by atoms with E-state index in [9.17, 15) is 18.0 Å². The molecule has 0 bridgehead atoms. The van der Waals surface area contributed by atoms with E-state index in [4.69, 9.17) is 0 Å². The van der Waals surface area contributed by atoms with Crippen molar-refractivity contribution in [1.82, 2.24) is 0 Å². The monoisotopic (exact) mass is 330 g/mol. The number of rotatable bonds is 3. The highest BCUT2D eigenvalue weighted by Crippen LogP contribution is 2.32. The van der Waals surface area contributed by atoms with Gasteiger partial charge in [-0.3, -0.25) is 14.3 Å². The van der Waals surface area contributed by atoms with Gasteiger partial charge in [0.25, 0.3) is 11.8 Å². The lowest BCUT2D eigenvalue weighted by molar-refractivity contribution is 0.0926. The normalized spacial score (nSPS) is 14.1. The van der Waals surface area contributed by atoms with Gasteiger partial charge in [0.05, 0.1) is 28.8 Å². The molecule has 1 heterocycles. The number of amides is 2. The van der Waals surface area contributed by atoms with Gasteiger partial charge in [-0.25, -0.2) is 13.3 Å². The van der Waals surface area contributed by atoms with E-state index in [1.807, 2.05) is 0 Å². The minimum Gasteiger partial charge on any atom is -0.284 e. The summed E-state index contributed by atoms with van der Waals surface area (Å²) in [5.41, 5.74) is 2.05. The van der Waals surface area contributed by atoms with Crippen LogP contribution in [0.15, 0.2) is 42.5 Å². The molecular weight excluding hydrogens is 316 g/mol. The highest BCUT2D eigenvalue weighted by Gasteiger charge is 2.37. The summed E-state index contributed by atoms with van der Waals surface area (Å²) in [6.07, 6.45) is 1.04. The number of sulfonamides is 1. The molecule has 118 valence electrons. The van der Waals surface area contributed by atoms with Gasteiger partial charge in [-0.2, -0.15) is 0 Å². The predicted octanol–water partition coefficient (Wildman–Crippen LogP) is 2.17. The summed E-state index contributed by atoms with van der Waals surface area (Å²) in [6, 6.07) is 11.3. The second-order valence-corrected chi connectivity index (χ2v) is 7.12. The lowest BCUT2D eigenvalue weighted by atomic mass is 10.1. The minimum absolute atomic E-state index is 0.296. The summed E-state index contributed by atoms with van der Waals surface area (Å²) in [4.78, 5) is 26.1. The lowest BCUT2D eigenvalue weighted by Gasteiger charge is -2.18. The summed E-state index contributed by atoms with van der Waals surface area (Å²) >= 11 is 0. The summed E-state index contributed by atoms with van der Waals surface area (Å²) in [5, 5.41) is 0. The Morgan fingerprint density at radius 1 is 0.957 bits per heavy atom. The number of nitrogens with one attached hydrogen (secondary N) is 1. The van der Waals surface area contributed by atoms with Crippen molar-refractivity contribution in [2.45, 2.75) is 6.92 Å². The fourth-order valence-electron chi connectivity index (χ4n) is 2.54. The Hall–Kier alpha value is -2.67. The van der Waals surface area contributed by atoms with Gasteiger partial charge in [0.1, 0.15) is 0 Å². The maximum atomic E-state index is 12.5. The van der Waals surface area contributed by atoms with Gasteiger partial charge < -0.3 is 0 Å². The van der Waals surface area contributed by atoms with E-state index >= 15 is 0 Å². The Kier molecular flexibility index (Phi) is 3.45. The molecule has 7 heteroatoms. The number of carbonyl (C=O) groups is 2. The van der Waals surface area contributed by atoms with Crippen LogP contribution in [-0.2, 0) is 10.0 Å². The summed E-state index contributed by atoms with van der Waals surface area (Å²) in [5.74, 6) is -0.824. The molecule has 2 aromatic rings. The number of aryl methyl sites for hydroxylation is 1. The fourth-order valence-corrected chi connectivity index (χ4v) is 3.09. The van der Waals surface area contributed by atoms with Crippen molar-refractivity contribution >= 4 is 33.2 Å². The van der Waals surface area contributed by atoms with Crippen molar-refractivity contribution < 1.29 is 18.0 Å². The standard InChI is InChI=1S/C16H14N2O4S/c1-10-7-8-11(17-23(2,21)22)9-14(10)18-15(19)12-5-3-4-6-13(12)16(18)20/h3-9,17H,1-2H3. The molecule has 0 radical (unpaired) electrons. The van der Waals surface area contributed by atoms with E-state index in [2.05, 4.69) is 4.72 Å². The zero-order chi connectivity index (χ0) is 16.8. The minimum atomic E-state index is -3.45. The summed E-state index contributed by atoms with van der Waals surface area (Å²) in [6.45, 7) is 1.75. The molecule has 0 aliphatic carbocycles. The van der Waals surface area contributed by atoms with Gasteiger partial charge in [0.2, 0.25) is 10.0 Å². The molecule has 0 aromatic heterocycles. The van der Waals surface area contributed by atoms with E-state index in [0.29, 0.717) is 28.1 Å². The van der Waals surface area contributed by atoms with Crippen LogP contribution in [0.5, 0.6) is 0 Å². The average Bonchev–Trinajstić information content (AvgIpc) is 2.72. The molecule has 2 amide bonds. The molecule has 1 aliphatic heterocycles. The first-order valence-corrected chi connectivity index (χ1v) is 8.73. The van der Waals surface area contributed by atoms with E-state index in [0.717, 1.165) is 11.2 Å². The summed E-state index contributed by atoms with van der Waals surface area (Å²) < 4.78 is 25.1. The molecule has 0 fully saturated rings. The number of anilines is 2. The Morgan fingerprint density at radius 3 is 2.04 bits per heavy atom. The maximum Gasteiger partial charge on any atom is 0.266 e. The molecule has 23 heavy (non-hydrogen) atoms. The molecule has 0 spiro atoms. The predicted molar refractivity (Wildman–Crippen MR) is 87.2 cm³/mol. The van der Waals surface area contributed by atoms with Crippen molar-refractivity contribution in [3.8, 4) is 0 Å². The largest absolute Gasteiger partial charge is 0.284 e. The smallest absolute Gasteiger partial charge is 0.266 e. The SMILES string of the molecule is Cc1ccc(NS(C)(=O)=O)cc1N1C(=O)c2ccccc2C1=O. The van der Waals surface area contributed by atoms with E-state index in [1.165, 1.54) is 6.07 Å². The molecule has 1 N–H and O–H groups in total. The zero-order valence-electron chi connectivity index (χ0n) is 12.5. The number of carbonyl (C=O) groups excluding carboxylic acids is 2. The van der Waals surface area contributed by atoms with Gasteiger partial charge in [-0.15, -0.1) is 0 Å². The van der Waals surface area contributed by atoms with Gasteiger partial charge >= 0.3 is 0 Å². The molecule has 0 atom stereocenters. The number of hydrogen-bond acceptors (Lipinski definition) is 4. The first-order chi connectivity index (χ1) is 10.8. The second-order valence-electron chi connectivity index (χ2n) is 5.37. The quantitative estimate of drug-likeness (QED) is 0.874. The first kappa shape index (κ1) is 15.2. The first-order valence-electron chi connectivity index (χ1n) is 6.84. The highest BCUT2D eigenvalue weighted by atomic mass is 32.2. The molecule has 0 saturated carbocycles. The summed E-state index contributed by atoms with van der Waals surface area (Å²) in [7, 11) is -3.45. The van der Waals surface area contributed by atoms with E-state index in [-0.39, 0.29) is 0 Å². The van der Waals surface area contributed by atoms with Gasteiger partial charge in [0, 0.05) is 0 Å². The number of fused-ring (bicyclic) bond motifs is 1.